The number of hydrogen-bond donors (Lipinski definition) is 2. The smallest absolute Gasteiger partial charge is 0.355 e. The van der Waals surface area contributed by atoms with E-state index in [1.807, 2.05) is 0 Å². The Labute approximate surface area is 84.8 Å². The molecule has 1 fully saturated rings. The minimum atomic E-state index is -0.850. The fourth-order valence-electron chi connectivity index (χ4n) is 1.58. The van der Waals surface area contributed by atoms with Crippen LogP contribution < -0.4 is 10.7 Å². The van der Waals surface area contributed by atoms with Crippen molar-refractivity contribution < 1.29 is 19.1 Å². The van der Waals surface area contributed by atoms with E-state index in [1.165, 1.54) is 0 Å². The number of fused-ring (bicyclic) bond motifs is 1. The van der Waals surface area contributed by atoms with E-state index < -0.39 is 29.7 Å². The molecule has 2 heterocycles. The molecule has 0 aliphatic carbocycles. The van der Waals surface area contributed by atoms with Crippen LogP contribution in [0, 0.1) is 5.92 Å². The number of hydrogen-bond acceptors (Lipinski definition) is 6. The summed E-state index contributed by atoms with van der Waals surface area (Å²) in [6.45, 7) is 1.85. The summed E-state index contributed by atoms with van der Waals surface area (Å²) in [5.74, 6) is -2.49. The maximum atomic E-state index is 11.4. The first-order valence-electron chi connectivity index (χ1n) is 4.50. The Hall–Kier alpha value is -1.92. The summed E-state index contributed by atoms with van der Waals surface area (Å²) >= 11 is 0. The summed E-state index contributed by atoms with van der Waals surface area (Å²) in [7, 11) is 0. The van der Waals surface area contributed by atoms with Gasteiger partial charge in [-0.25, -0.2) is 4.79 Å². The first kappa shape index (κ1) is 9.63. The number of carbonyl (C=O) groups is 3. The molecule has 80 valence electrons. The molecule has 7 heteroatoms. The molecule has 0 spiro atoms. The van der Waals surface area contributed by atoms with Gasteiger partial charge in [0.15, 0.2) is 5.71 Å². The highest BCUT2D eigenvalue weighted by Gasteiger charge is 2.50. The summed E-state index contributed by atoms with van der Waals surface area (Å²) in [6, 6.07) is -0.767. The lowest BCUT2D eigenvalue weighted by atomic mass is 9.99. The molecule has 0 aromatic rings. The van der Waals surface area contributed by atoms with Gasteiger partial charge < -0.3 is 4.74 Å². The zero-order chi connectivity index (χ0) is 11.0. The largest absolute Gasteiger partial charge is 0.461 e. The van der Waals surface area contributed by atoms with Crippen molar-refractivity contribution >= 4 is 23.5 Å². The molecule has 0 bridgehead atoms. The predicted octanol–water partition coefficient (Wildman–Crippen LogP) is -1.85. The number of esters is 1. The van der Waals surface area contributed by atoms with E-state index >= 15 is 0 Å². The Bertz CT molecular complexity index is 376. The van der Waals surface area contributed by atoms with E-state index in [9.17, 15) is 14.4 Å². The third-order valence-corrected chi connectivity index (χ3v) is 2.25. The van der Waals surface area contributed by atoms with Crippen LogP contribution in [0.4, 0.5) is 0 Å². The quantitative estimate of drug-likeness (QED) is 0.413. The molecule has 0 unspecified atom stereocenters. The molecule has 0 aromatic carbocycles. The van der Waals surface area contributed by atoms with Gasteiger partial charge in [0.2, 0.25) is 5.91 Å². The molecule has 2 aliphatic rings. The van der Waals surface area contributed by atoms with Gasteiger partial charge in [-0.15, -0.1) is 0 Å². The van der Waals surface area contributed by atoms with Gasteiger partial charge in [0, 0.05) is 0 Å². The topological polar surface area (TPSA) is 96.9 Å². The molecule has 0 saturated carbocycles. The second-order valence-corrected chi connectivity index (χ2v) is 3.16. The van der Waals surface area contributed by atoms with Crippen LogP contribution in [0.1, 0.15) is 6.92 Å². The van der Waals surface area contributed by atoms with Gasteiger partial charge in [-0.05, 0) is 6.92 Å². The van der Waals surface area contributed by atoms with Crippen molar-refractivity contribution in [2.75, 3.05) is 6.61 Å². The Morgan fingerprint density at radius 1 is 1.47 bits per heavy atom. The van der Waals surface area contributed by atoms with Gasteiger partial charge in [0.1, 0.15) is 12.0 Å². The van der Waals surface area contributed by atoms with Gasteiger partial charge in [-0.3, -0.25) is 20.3 Å². The van der Waals surface area contributed by atoms with Crippen molar-refractivity contribution in [3.05, 3.63) is 0 Å². The first-order chi connectivity index (χ1) is 7.15. The van der Waals surface area contributed by atoms with Crippen LogP contribution in [-0.2, 0) is 19.1 Å². The summed E-state index contributed by atoms with van der Waals surface area (Å²) in [5.41, 5.74) is 2.41. The molecule has 0 aromatic heterocycles. The zero-order valence-corrected chi connectivity index (χ0v) is 7.94. The molecule has 1 saturated heterocycles. The van der Waals surface area contributed by atoms with E-state index in [1.54, 1.807) is 6.92 Å². The predicted molar refractivity (Wildman–Crippen MR) is 47.6 cm³/mol. The van der Waals surface area contributed by atoms with Crippen LogP contribution in [0.15, 0.2) is 5.10 Å². The molecule has 7 nitrogen and oxygen atoms in total. The molecule has 2 aliphatic heterocycles. The Balaban J connectivity index is 2.20. The van der Waals surface area contributed by atoms with Crippen LogP contribution in [0.5, 0.6) is 0 Å². The third kappa shape index (κ3) is 1.36. The van der Waals surface area contributed by atoms with E-state index in [2.05, 4.69) is 15.8 Å². The second-order valence-electron chi connectivity index (χ2n) is 3.16. The van der Waals surface area contributed by atoms with Crippen molar-refractivity contribution in [1.29, 1.82) is 0 Å². The van der Waals surface area contributed by atoms with Crippen molar-refractivity contribution in [1.82, 2.24) is 10.7 Å². The number of amides is 2. The van der Waals surface area contributed by atoms with Gasteiger partial charge >= 0.3 is 5.97 Å². The van der Waals surface area contributed by atoms with Crippen LogP contribution in [-0.4, -0.2) is 36.1 Å². The molecular formula is C8H9N3O4. The Morgan fingerprint density at radius 2 is 2.20 bits per heavy atom. The number of carbonyl (C=O) groups excluding carboxylic acids is 3. The van der Waals surface area contributed by atoms with Crippen molar-refractivity contribution in [3.8, 4) is 0 Å². The highest BCUT2D eigenvalue weighted by molar-refractivity contribution is 6.44. The van der Waals surface area contributed by atoms with E-state index in [4.69, 9.17) is 4.74 Å². The number of nitrogens with one attached hydrogen (secondary N) is 2. The monoisotopic (exact) mass is 211 g/mol. The van der Waals surface area contributed by atoms with Crippen LogP contribution >= 0.6 is 0 Å². The highest BCUT2D eigenvalue weighted by Crippen LogP contribution is 2.19. The number of ether oxygens (including phenoxy) is 1. The summed E-state index contributed by atoms with van der Waals surface area (Å²) in [5, 5.41) is 5.77. The molecule has 2 amide bonds. The molecule has 15 heavy (non-hydrogen) atoms. The number of imide groups is 1. The van der Waals surface area contributed by atoms with Crippen LogP contribution in [0.3, 0.4) is 0 Å². The maximum Gasteiger partial charge on any atom is 0.355 e. The van der Waals surface area contributed by atoms with Gasteiger partial charge in [0.05, 0.1) is 6.61 Å². The third-order valence-electron chi connectivity index (χ3n) is 2.25. The first-order valence-corrected chi connectivity index (χ1v) is 4.50. The van der Waals surface area contributed by atoms with Gasteiger partial charge in [0.25, 0.3) is 5.91 Å². The normalized spacial score (nSPS) is 27.9. The SMILES string of the molecule is CCOC(=O)C1=NN[C@@H]2C(=O)NC(=O)[C@H]12. The lowest BCUT2D eigenvalue weighted by Crippen LogP contribution is -2.35. The van der Waals surface area contributed by atoms with Crippen molar-refractivity contribution in [3.63, 3.8) is 0 Å². The van der Waals surface area contributed by atoms with Gasteiger partial charge in [-0.1, -0.05) is 0 Å². The van der Waals surface area contributed by atoms with Crippen molar-refractivity contribution in [2.24, 2.45) is 11.0 Å². The van der Waals surface area contributed by atoms with Crippen molar-refractivity contribution in [2.45, 2.75) is 13.0 Å². The number of rotatable bonds is 2. The van der Waals surface area contributed by atoms with E-state index in [0.29, 0.717) is 0 Å². The fraction of sp³-hybridized carbons (Fsp3) is 0.500. The Kier molecular flexibility index (Phi) is 2.14. The zero-order valence-electron chi connectivity index (χ0n) is 7.94. The minimum Gasteiger partial charge on any atom is -0.461 e. The number of hydrazone groups is 1. The average molecular weight is 211 g/mol. The van der Waals surface area contributed by atoms with Crippen LogP contribution in [0.25, 0.3) is 0 Å². The molecule has 0 radical (unpaired) electrons. The minimum absolute atomic E-state index is 0.0369. The Morgan fingerprint density at radius 3 is 2.87 bits per heavy atom. The summed E-state index contributed by atoms with van der Waals surface area (Å²) in [6.07, 6.45) is 0. The summed E-state index contributed by atoms with van der Waals surface area (Å²) < 4.78 is 4.72. The second kappa shape index (κ2) is 3.34. The average Bonchev–Trinajstić information content (AvgIpc) is 2.70. The standard InChI is InChI=1S/C8H9N3O4/c1-2-15-8(14)5-3-4(10-11-5)7(13)9-6(3)12/h3-4,10H,2H2,1H3,(H,9,12,13)/t3-,4-/m0/s1. The summed E-state index contributed by atoms with van der Waals surface area (Å²) in [4.78, 5) is 33.9. The lowest BCUT2D eigenvalue weighted by Gasteiger charge is -2.05. The number of nitrogens with zero attached hydrogens (tertiary/aromatic N) is 1. The van der Waals surface area contributed by atoms with Crippen LogP contribution in [0.2, 0.25) is 0 Å². The molecular weight excluding hydrogens is 202 g/mol. The maximum absolute atomic E-state index is 11.4. The fourth-order valence-corrected chi connectivity index (χ4v) is 1.58. The van der Waals surface area contributed by atoms with E-state index in [-0.39, 0.29) is 12.3 Å². The molecule has 2 N–H and O–H groups in total. The van der Waals surface area contributed by atoms with Gasteiger partial charge in [-0.2, -0.15) is 5.10 Å². The van der Waals surface area contributed by atoms with E-state index in [0.717, 1.165) is 0 Å². The molecule has 2 rings (SSSR count). The lowest BCUT2D eigenvalue weighted by molar-refractivity contribution is -0.136. The highest BCUT2D eigenvalue weighted by atomic mass is 16.5. The molecule has 2 atom stereocenters.